The van der Waals surface area contributed by atoms with E-state index in [1.165, 1.54) is 37.3 Å². The van der Waals surface area contributed by atoms with Crippen molar-refractivity contribution in [3.63, 3.8) is 0 Å². The zero-order chi connectivity index (χ0) is 28.7. The molecule has 2 atom stereocenters. The Morgan fingerprint density at radius 2 is 1.95 bits per heavy atom. The minimum atomic E-state index is -1.000. The number of rotatable bonds is 11. The molecule has 1 fully saturated rings. The first-order valence-corrected chi connectivity index (χ1v) is 12.4. The maximum Gasteiger partial charge on any atom is 0.353 e. The van der Waals surface area contributed by atoms with Crippen molar-refractivity contribution in [1.82, 2.24) is 9.80 Å². The number of methoxy groups -OCH3 is 2. The van der Waals surface area contributed by atoms with Crippen LogP contribution in [-0.2, 0) is 30.4 Å². The van der Waals surface area contributed by atoms with Gasteiger partial charge >= 0.3 is 17.9 Å². The normalized spacial score (nSPS) is 16.3. The van der Waals surface area contributed by atoms with Crippen LogP contribution in [0.3, 0.4) is 0 Å². The Morgan fingerprint density at radius 1 is 1.21 bits per heavy atom. The third-order valence-electron chi connectivity index (χ3n) is 5.82. The average Bonchev–Trinajstić information content (AvgIpc) is 3.61. The number of hydrogen-bond acceptors (Lipinski definition) is 10. The molecule has 1 unspecified atom stereocenters. The number of nitrogen functional groups attached to an aromatic ring is 1. The Morgan fingerprint density at radius 3 is 2.61 bits per heavy atom. The fourth-order valence-electron chi connectivity index (χ4n) is 3.83. The second-order valence-electron chi connectivity index (χ2n) is 8.34. The summed E-state index contributed by atoms with van der Waals surface area (Å²) in [6.45, 7) is -0.968. The number of amidine groups is 1. The highest BCUT2D eigenvalue weighted by Crippen LogP contribution is 2.27. The first-order chi connectivity index (χ1) is 18.5. The first-order valence-electron chi connectivity index (χ1n) is 12.2. The van der Waals surface area contributed by atoms with Crippen molar-refractivity contribution in [2.45, 2.75) is 31.8 Å². The topological polar surface area (TPSA) is 152 Å². The summed E-state index contributed by atoms with van der Waals surface area (Å²) in [4.78, 5) is 53.0. The molecule has 1 aromatic heterocycles. The third-order valence-corrected chi connectivity index (χ3v) is 6.82. The van der Waals surface area contributed by atoms with Crippen LogP contribution < -0.4 is 10.5 Å². The number of halogens is 1. The molecule has 0 bridgehead atoms. The molecule has 13 heteroatoms. The molecule has 2 heterocycles. The lowest BCUT2D eigenvalue weighted by molar-refractivity contribution is -0.150. The lowest BCUT2D eigenvalue weighted by atomic mass is 10.1. The highest BCUT2D eigenvalue weighted by Gasteiger charge is 2.35. The summed E-state index contributed by atoms with van der Waals surface area (Å²) in [5.41, 5.74) is 5.49. The number of nitrogens with one attached hydrogen (secondary N) is 1. The number of nitrogens with zero attached hydrogens (tertiary/aromatic N) is 2. The molecule has 1 aromatic carbocycles. The van der Waals surface area contributed by atoms with Gasteiger partial charge in [0.15, 0.2) is 11.6 Å². The van der Waals surface area contributed by atoms with E-state index in [0.717, 1.165) is 17.4 Å². The number of likely N-dealkylation sites (tertiary alicyclic amines) is 1. The number of thiophene rings is 1. The van der Waals surface area contributed by atoms with E-state index in [2.05, 4.69) is 9.47 Å². The molecule has 1 aliphatic heterocycles. The monoisotopic (exact) mass is 549 g/mol. The van der Waals surface area contributed by atoms with Crippen LogP contribution in [0.4, 0.5) is 4.39 Å². The van der Waals surface area contributed by atoms with Gasteiger partial charge in [-0.3, -0.25) is 24.7 Å². The van der Waals surface area contributed by atoms with Crippen LogP contribution in [-0.4, -0.2) is 79.3 Å². The van der Waals surface area contributed by atoms with Gasteiger partial charge < -0.3 is 24.8 Å². The van der Waals surface area contributed by atoms with E-state index in [0.29, 0.717) is 24.3 Å². The van der Waals surface area contributed by atoms with E-state index in [1.54, 1.807) is 11.0 Å². The van der Waals surface area contributed by atoms with Crippen LogP contribution in [0, 0.1) is 11.2 Å². The fourth-order valence-corrected chi connectivity index (χ4v) is 4.67. The average molecular weight is 550 g/mol. The smallest absolute Gasteiger partial charge is 0.353 e. The number of esters is 3. The van der Waals surface area contributed by atoms with E-state index < -0.39 is 42.2 Å². The maximum atomic E-state index is 14.3. The van der Waals surface area contributed by atoms with Gasteiger partial charge in [-0.05, 0) is 49.7 Å². The van der Waals surface area contributed by atoms with Gasteiger partial charge in [-0.15, -0.1) is 11.3 Å². The summed E-state index contributed by atoms with van der Waals surface area (Å²) in [7, 11) is 2.42. The number of benzene rings is 1. The van der Waals surface area contributed by atoms with Crippen molar-refractivity contribution in [1.29, 1.82) is 5.41 Å². The van der Waals surface area contributed by atoms with Gasteiger partial charge in [0.25, 0.3) is 0 Å². The van der Waals surface area contributed by atoms with Crippen molar-refractivity contribution in [3.8, 4) is 5.75 Å². The first kappa shape index (κ1) is 27.2. The minimum Gasteiger partial charge on any atom is -0.469 e. The molecule has 204 valence electrons. The highest BCUT2D eigenvalue weighted by molar-refractivity contribution is 7.13. The molecule has 11 nitrogen and oxygen atoms in total. The van der Waals surface area contributed by atoms with Crippen LogP contribution in [0.5, 0.6) is 5.75 Å². The SMILES string of the molecule is [2H]C(c1ccc(C(=O)Oc2ccc(C(=N)N)cc2F)s1)N1CCC[C@H]1C(=O)N(CCC(=O)OC)CC(=O)OC. The van der Waals surface area contributed by atoms with Gasteiger partial charge in [-0.1, -0.05) is 0 Å². The molecule has 0 spiro atoms. The van der Waals surface area contributed by atoms with Gasteiger partial charge in [0.1, 0.15) is 17.3 Å². The molecule has 1 amide bonds. The Labute approximate surface area is 224 Å². The van der Waals surface area contributed by atoms with Crippen LogP contribution in [0.1, 0.15) is 40.7 Å². The Balaban J connectivity index is 1.71. The summed E-state index contributed by atoms with van der Waals surface area (Å²) in [6, 6.07) is 5.85. The summed E-state index contributed by atoms with van der Waals surface area (Å²) >= 11 is 0.982. The molecular formula is C25H29FN4O7S. The van der Waals surface area contributed by atoms with Crippen molar-refractivity contribution in [2.24, 2.45) is 5.73 Å². The molecule has 38 heavy (non-hydrogen) atoms. The summed E-state index contributed by atoms with van der Waals surface area (Å²) in [6.07, 6.45) is 0.968. The van der Waals surface area contributed by atoms with Crippen molar-refractivity contribution in [3.05, 3.63) is 51.5 Å². The van der Waals surface area contributed by atoms with Crippen molar-refractivity contribution >= 4 is 41.0 Å². The Bertz CT molecular complexity index is 1260. The number of carbonyl (C=O) groups is 4. The highest BCUT2D eigenvalue weighted by atomic mass is 32.1. The lowest BCUT2D eigenvalue weighted by Gasteiger charge is -2.29. The van der Waals surface area contributed by atoms with E-state index in [4.69, 9.17) is 17.3 Å². The van der Waals surface area contributed by atoms with Gasteiger partial charge in [-0.25, -0.2) is 9.18 Å². The Hall–Kier alpha value is -3.84. The van der Waals surface area contributed by atoms with Crippen molar-refractivity contribution in [2.75, 3.05) is 33.9 Å². The van der Waals surface area contributed by atoms with Crippen LogP contribution in [0.25, 0.3) is 0 Å². The molecular weight excluding hydrogens is 519 g/mol. The number of hydrogen-bond donors (Lipinski definition) is 2. The second-order valence-corrected chi connectivity index (χ2v) is 9.45. The number of ether oxygens (including phenoxy) is 3. The predicted molar refractivity (Wildman–Crippen MR) is 135 cm³/mol. The van der Waals surface area contributed by atoms with E-state index in [1.807, 2.05) is 0 Å². The van der Waals surface area contributed by atoms with Gasteiger partial charge in [-0.2, -0.15) is 0 Å². The van der Waals surface area contributed by atoms with E-state index in [-0.39, 0.29) is 41.5 Å². The second kappa shape index (κ2) is 13.1. The summed E-state index contributed by atoms with van der Waals surface area (Å²) in [5.74, 6) is -3.93. The zero-order valence-corrected chi connectivity index (χ0v) is 21.7. The molecule has 1 saturated heterocycles. The van der Waals surface area contributed by atoms with Gasteiger partial charge in [0, 0.05) is 24.9 Å². The molecule has 0 radical (unpaired) electrons. The third kappa shape index (κ3) is 7.35. The van der Waals surface area contributed by atoms with E-state index >= 15 is 0 Å². The summed E-state index contributed by atoms with van der Waals surface area (Å²) in [5, 5.41) is 7.36. The quantitative estimate of drug-likeness (QED) is 0.185. The number of amides is 1. The van der Waals surface area contributed by atoms with Gasteiger partial charge in [0.05, 0.1) is 26.7 Å². The zero-order valence-electron chi connectivity index (χ0n) is 21.9. The van der Waals surface area contributed by atoms with Crippen LogP contribution in [0.2, 0.25) is 0 Å². The van der Waals surface area contributed by atoms with E-state index in [9.17, 15) is 23.6 Å². The van der Waals surface area contributed by atoms with Crippen LogP contribution in [0.15, 0.2) is 30.3 Å². The number of nitrogens with two attached hydrogens (primary N) is 1. The largest absolute Gasteiger partial charge is 0.469 e. The molecule has 3 N–H and O–H groups in total. The van der Waals surface area contributed by atoms with Crippen molar-refractivity contribution < 1.29 is 39.1 Å². The molecule has 2 aromatic rings. The minimum absolute atomic E-state index is 0.0490. The summed E-state index contributed by atoms with van der Waals surface area (Å²) < 4.78 is 37.5. The lowest BCUT2D eigenvalue weighted by Crippen LogP contribution is -2.48. The Kier molecular flexibility index (Phi) is 9.38. The fraction of sp³-hybridized carbons (Fsp3) is 0.400. The maximum absolute atomic E-state index is 14.3. The standard InChI is InChI=1S/C25H29FN4O7S/c1-35-21(31)9-11-30(14-22(32)36-2)24(33)18-4-3-10-29(18)13-16-6-8-20(38-16)25(34)37-19-7-5-15(23(27)28)12-17(19)26/h5-8,12,18H,3-4,9-11,13-14H2,1-2H3,(H3,27,28)/t18-/m0/s1/i13D/t13?,18-. The van der Waals surface area contributed by atoms with Gasteiger partial charge in [0.2, 0.25) is 5.91 Å². The molecule has 1 aliphatic rings. The molecule has 3 rings (SSSR count). The number of carbonyl (C=O) groups excluding carboxylic acids is 4. The predicted octanol–water partition coefficient (Wildman–Crippen LogP) is 1.92. The molecule has 0 saturated carbocycles. The molecule has 0 aliphatic carbocycles. The van der Waals surface area contributed by atoms with Crippen LogP contribution >= 0.6 is 11.3 Å².